The molecule has 2 N–H and O–H groups in total. The van der Waals surface area contributed by atoms with Gasteiger partial charge in [-0.1, -0.05) is 11.2 Å². The minimum Gasteiger partial charge on any atom is -0.379 e. The molecule has 1 fully saturated rings. The quantitative estimate of drug-likeness (QED) is 0.298. The highest BCUT2D eigenvalue weighted by Crippen LogP contribution is 2.35. The number of nitrogens with one attached hydrogen (secondary N) is 2. The summed E-state index contributed by atoms with van der Waals surface area (Å²) in [7, 11) is 0. The summed E-state index contributed by atoms with van der Waals surface area (Å²) in [6, 6.07) is 7.53. The van der Waals surface area contributed by atoms with Crippen LogP contribution in [0.5, 0.6) is 0 Å². The van der Waals surface area contributed by atoms with Gasteiger partial charge in [-0.25, -0.2) is 4.39 Å². The molecule has 214 valence electrons. The lowest BCUT2D eigenvalue weighted by atomic mass is 10.1. The van der Waals surface area contributed by atoms with Gasteiger partial charge in [-0.15, -0.1) is 0 Å². The number of aromatic nitrogens is 4. The third kappa shape index (κ3) is 5.98. The number of carbonyl (C=O) groups excluding carboxylic acids is 1. The molecule has 0 bridgehead atoms. The summed E-state index contributed by atoms with van der Waals surface area (Å²) in [6.45, 7) is 4.97. The molecule has 2 atom stereocenters. The number of alkyl halides is 4. The maximum atomic E-state index is 14.4. The largest absolute Gasteiger partial charge is 0.406 e. The van der Waals surface area contributed by atoms with E-state index in [0.29, 0.717) is 29.7 Å². The summed E-state index contributed by atoms with van der Waals surface area (Å²) in [6.07, 6.45) is -1.82. The fourth-order valence-corrected chi connectivity index (χ4v) is 4.65. The van der Waals surface area contributed by atoms with E-state index in [-0.39, 0.29) is 47.5 Å². The van der Waals surface area contributed by atoms with Gasteiger partial charge in [-0.3, -0.25) is 4.79 Å². The van der Waals surface area contributed by atoms with Crippen LogP contribution in [0.15, 0.2) is 47.2 Å². The van der Waals surface area contributed by atoms with Crippen LogP contribution in [0.1, 0.15) is 43.4 Å². The standard InChI is InChI=1S/C27H30F4N6O3/c1-26(2,3)36-9-7-16(13-36)25(38)32-12-23-34-24(35-40-23)22-11-17-19(33-20-8-10-39-14-18(20)28)5-4-6-21(17)37(22)15-27(29,30)31/h4-7,9,11,13,18,20,33H,8,10,12,14-15H2,1-3H3,(H,32,38)/t18-,20-/m1/s1. The van der Waals surface area contributed by atoms with Crippen LogP contribution in [0, 0.1) is 0 Å². The van der Waals surface area contributed by atoms with Gasteiger partial charge in [0.15, 0.2) is 0 Å². The maximum Gasteiger partial charge on any atom is 0.406 e. The highest BCUT2D eigenvalue weighted by molar-refractivity contribution is 5.96. The Kier molecular flexibility index (Phi) is 7.34. The van der Waals surface area contributed by atoms with Crippen molar-refractivity contribution in [2.24, 2.45) is 0 Å². The van der Waals surface area contributed by atoms with Gasteiger partial charge in [0.25, 0.3) is 5.91 Å². The Labute approximate surface area is 227 Å². The second-order valence-corrected chi connectivity index (χ2v) is 10.8. The Morgan fingerprint density at radius 3 is 2.70 bits per heavy atom. The molecule has 3 aromatic heterocycles. The van der Waals surface area contributed by atoms with Crippen molar-refractivity contribution in [3.8, 4) is 11.5 Å². The number of hydrogen-bond donors (Lipinski definition) is 2. The van der Waals surface area contributed by atoms with Crippen LogP contribution in [0.2, 0.25) is 0 Å². The van der Waals surface area contributed by atoms with E-state index < -0.39 is 24.9 Å². The zero-order valence-corrected chi connectivity index (χ0v) is 22.3. The van der Waals surface area contributed by atoms with Crippen molar-refractivity contribution >= 4 is 22.5 Å². The van der Waals surface area contributed by atoms with Crippen molar-refractivity contribution in [3.05, 3.63) is 54.2 Å². The van der Waals surface area contributed by atoms with Gasteiger partial charge in [0.2, 0.25) is 11.7 Å². The Balaban J connectivity index is 1.40. The highest BCUT2D eigenvalue weighted by Gasteiger charge is 2.32. The van der Waals surface area contributed by atoms with Crippen LogP contribution in [0.25, 0.3) is 22.4 Å². The molecule has 1 saturated heterocycles. The zero-order valence-electron chi connectivity index (χ0n) is 22.3. The van der Waals surface area contributed by atoms with Crippen LogP contribution in [-0.4, -0.2) is 56.8 Å². The average molecular weight is 563 g/mol. The number of carbonyl (C=O) groups is 1. The van der Waals surface area contributed by atoms with E-state index in [1.54, 1.807) is 36.7 Å². The van der Waals surface area contributed by atoms with Gasteiger partial charge < -0.3 is 29.0 Å². The number of fused-ring (bicyclic) bond motifs is 1. The molecule has 0 radical (unpaired) electrons. The third-order valence-electron chi connectivity index (χ3n) is 6.74. The molecule has 0 unspecified atom stereocenters. The first-order chi connectivity index (χ1) is 18.9. The topological polar surface area (TPSA) is 99.1 Å². The summed E-state index contributed by atoms with van der Waals surface area (Å²) in [5.41, 5.74) is 1.10. The van der Waals surface area contributed by atoms with Crippen molar-refractivity contribution in [1.29, 1.82) is 0 Å². The molecule has 4 aromatic rings. The first-order valence-corrected chi connectivity index (χ1v) is 12.9. The fourth-order valence-electron chi connectivity index (χ4n) is 4.65. The van der Waals surface area contributed by atoms with E-state index in [1.165, 1.54) is 6.07 Å². The highest BCUT2D eigenvalue weighted by atomic mass is 19.4. The molecular formula is C27H30F4N6O3. The predicted octanol–water partition coefficient (Wildman–Crippen LogP) is 5.28. The van der Waals surface area contributed by atoms with Gasteiger partial charge in [0, 0.05) is 35.6 Å². The lowest BCUT2D eigenvalue weighted by molar-refractivity contribution is -0.139. The van der Waals surface area contributed by atoms with Crippen LogP contribution in [-0.2, 0) is 23.4 Å². The Bertz CT molecular complexity index is 1500. The SMILES string of the molecule is CC(C)(C)n1ccc(C(=O)NCc2nc(-c3cc4c(N[C@@H]5CCOC[C@H]5F)cccc4n3CC(F)(F)F)no2)c1. The first kappa shape index (κ1) is 27.7. The lowest BCUT2D eigenvalue weighted by Gasteiger charge is -2.28. The molecule has 0 aliphatic carbocycles. The number of rotatable bonds is 7. The first-order valence-electron chi connectivity index (χ1n) is 12.9. The van der Waals surface area contributed by atoms with E-state index >= 15 is 0 Å². The zero-order chi connectivity index (χ0) is 28.7. The molecule has 0 saturated carbocycles. The van der Waals surface area contributed by atoms with Crippen LogP contribution < -0.4 is 10.6 Å². The van der Waals surface area contributed by atoms with Crippen molar-refractivity contribution < 1.29 is 31.6 Å². The lowest BCUT2D eigenvalue weighted by Crippen LogP contribution is -2.39. The molecule has 1 aliphatic heterocycles. The smallest absolute Gasteiger partial charge is 0.379 e. The molecule has 40 heavy (non-hydrogen) atoms. The number of halogens is 4. The summed E-state index contributed by atoms with van der Waals surface area (Å²) in [5, 5.41) is 10.2. The average Bonchev–Trinajstić information content (AvgIpc) is 3.62. The third-order valence-corrected chi connectivity index (χ3v) is 6.74. The Hall–Kier alpha value is -3.87. The van der Waals surface area contributed by atoms with E-state index in [2.05, 4.69) is 20.8 Å². The molecule has 5 rings (SSSR count). The summed E-state index contributed by atoms with van der Waals surface area (Å²) in [5.74, 6) is -0.392. The minimum atomic E-state index is -4.53. The molecule has 4 heterocycles. The van der Waals surface area contributed by atoms with Gasteiger partial charge in [0.05, 0.1) is 36.0 Å². The van der Waals surface area contributed by atoms with E-state index in [4.69, 9.17) is 9.26 Å². The Morgan fingerprint density at radius 1 is 1.20 bits per heavy atom. The summed E-state index contributed by atoms with van der Waals surface area (Å²) >= 11 is 0. The number of nitrogens with zero attached hydrogens (tertiary/aromatic N) is 4. The molecule has 1 aliphatic rings. The molecule has 1 amide bonds. The second-order valence-electron chi connectivity index (χ2n) is 10.8. The minimum absolute atomic E-state index is 0.0308. The number of amides is 1. The van der Waals surface area contributed by atoms with Gasteiger partial charge in [-0.05, 0) is 51.5 Å². The number of anilines is 1. The molecule has 13 heteroatoms. The normalized spacial score (nSPS) is 18.3. The van der Waals surface area contributed by atoms with Crippen molar-refractivity contribution in [1.82, 2.24) is 24.6 Å². The van der Waals surface area contributed by atoms with Crippen molar-refractivity contribution in [3.63, 3.8) is 0 Å². The monoisotopic (exact) mass is 562 g/mol. The Morgan fingerprint density at radius 2 is 2.00 bits per heavy atom. The fraction of sp³-hybridized carbons (Fsp3) is 0.444. The van der Waals surface area contributed by atoms with Crippen molar-refractivity contribution in [2.45, 2.75) is 64.2 Å². The maximum absolute atomic E-state index is 14.4. The second kappa shape index (κ2) is 10.6. The molecule has 1 aromatic carbocycles. The molecule has 9 nitrogen and oxygen atoms in total. The van der Waals surface area contributed by atoms with E-state index in [9.17, 15) is 22.4 Å². The van der Waals surface area contributed by atoms with Gasteiger partial charge in [-0.2, -0.15) is 18.2 Å². The van der Waals surface area contributed by atoms with Gasteiger partial charge >= 0.3 is 6.18 Å². The number of benzene rings is 1. The number of hydrogen-bond acceptors (Lipinski definition) is 6. The molecular weight excluding hydrogens is 532 g/mol. The van der Waals surface area contributed by atoms with Gasteiger partial charge in [0.1, 0.15) is 12.7 Å². The van der Waals surface area contributed by atoms with E-state index in [1.807, 2.05) is 25.3 Å². The number of ether oxygens (including phenoxy) is 1. The molecule has 0 spiro atoms. The van der Waals surface area contributed by atoms with E-state index in [0.717, 1.165) is 4.57 Å². The predicted molar refractivity (Wildman–Crippen MR) is 140 cm³/mol. The van der Waals surface area contributed by atoms with Crippen LogP contribution in [0.4, 0.5) is 23.2 Å². The van der Waals surface area contributed by atoms with Crippen molar-refractivity contribution in [2.75, 3.05) is 18.5 Å². The summed E-state index contributed by atoms with van der Waals surface area (Å²) in [4.78, 5) is 16.9. The summed E-state index contributed by atoms with van der Waals surface area (Å²) < 4.78 is 68.6. The van der Waals surface area contributed by atoms with Crippen LogP contribution in [0.3, 0.4) is 0 Å². The van der Waals surface area contributed by atoms with Crippen LogP contribution >= 0.6 is 0 Å².